The molecule has 2 fully saturated rings. The third kappa shape index (κ3) is 3.41. The lowest BCUT2D eigenvalue weighted by atomic mass is 9.81. The standard InChI is InChI=1S/C21H27N5O/c1-22-20-23-13-18(14-24-20)19(27)26-10-8-21(9-11-26)12-17(15-25(21)2)16-6-4-3-5-7-16/h3-7,13-14,17H,8-12,15H2,1-2H3,(H,22,23,24)/t17-/m1/s1. The van der Waals surface area contributed by atoms with E-state index in [1.54, 1.807) is 19.4 Å². The first-order chi connectivity index (χ1) is 13.1. The SMILES string of the molecule is CNc1ncc(C(=O)N2CCC3(CC2)C[C@@H](c2ccccc2)CN3C)cn1. The second-order valence-corrected chi connectivity index (χ2v) is 7.75. The van der Waals surface area contributed by atoms with Gasteiger partial charge in [-0.3, -0.25) is 9.69 Å². The average molecular weight is 365 g/mol. The molecule has 1 N–H and O–H groups in total. The van der Waals surface area contributed by atoms with Crippen LogP contribution in [0.25, 0.3) is 0 Å². The fourth-order valence-electron chi connectivity index (χ4n) is 4.61. The summed E-state index contributed by atoms with van der Waals surface area (Å²) < 4.78 is 0. The van der Waals surface area contributed by atoms with Gasteiger partial charge in [-0.2, -0.15) is 0 Å². The molecule has 3 heterocycles. The number of amides is 1. The van der Waals surface area contributed by atoms with E-state index in [1.807, 2.05) is 4.90 Å². The summed E-state index contributed by atoms with van der Waals surface area (Å²) in [7, 11) is 4.01. The maximum atomic E-state index is 12.8. The molecule has 1 amide bonds. The number of hydrogen-bond acceptors (Lipinski definition) is 5. The fourth-order valence-corrected chi connectivity index (χ4v) is 4.61. The van der Waals surface area contributed by atoms with Crippen LogP contribution in [0, 0.1) is 0 Å². The molecule has 0 aliphatic carbocycles. The number of likely N-dealkylation sites (N-methyl/N-ethyl adjacent to an activating group) is 1. The van der Waals surface area contributed by atoms with Crippen LogP contribution in [0.15, 0.2) is 42.7 Å². The summed E-state index contributed by atoms with van der Waals surface area (Å²) in [4.78, 5) is 25.6. The van der Waals surface area contributed by atoms with Gasteiger partial charge in [0.1, 0.15) is 0 Å². The van der Waals surface area contributed by atoms with Crippen molar-refractivity contribution >= 4 is 11.9 Å². The Bertz CT molecular complexity index is 784. The van der Waals surface area contributed by atoms with Crippen molar-refractivity contribution in [2.24, 2.45) is 0 Å². The molecular formula is C21H27N5O. The van der Waals surface area contributed by atoms with Gasteiger partial charge in [0.05, 0.1) is 5.56 Å². The van der Waals surface area contributed by atoms with Gasteiger partial charge in [-0.25, -0.2) is 9.97 Å². The average Bonchev–Trinajstić information content (AvgIpc) is 3.05. The topological polar surface area (TPSA) is 61.4 Å². The molecule has 27 heavy (non-hydrogen) atoms. The highest BCUT2D eigenvalue weighted by Crippen LogP contribution is 2.44. The summed E-state index contributed by atoms with van der Waals surface area (Å²) in [6.45, 7) is 2.67. The molecule has 2 aliphatic rings. The predicted octanol–water partition coefficient (Wildman–Crippen LogP) is 2.61. The van der Waals surface area contributed by atoms with Gasteiger partial charge < -0.3 is 10.2 Å². The monoisotopic (exact) mass is 365 g/mol. The first-order valence-electron chi connectivity index (χ1n) is 9.66. The molecule has 4 rings (SSSR count). The summed E-state index contributed by atoms with van der Waals surface area (Å²) in [6, 6.07) is 10.8. The molecule has 0 unspecified atom stereocenters. The van der Waals surface area contributed by atoms with Gasteiger partial charge in [-0.05, 0) is 37.8 Å². The Morgan fingerprint density at radius 3 is 2.44 bits per heavy atom. The molecule has 6 heteroatoms. The molecule has 1 aromatic heterocycles. The zero-order chi connectivity index (χ0) is 18.9. The number of likely N-dealkylation sites (tertiary alicyclic amines) is 2. The number of anilines is 1. The van der Waals surface area contributed by atoms with Crippen LogP contribution in [-0.4, -0.2) is 64.9 Å². The third-order valence-corrected chi connectivity index (χ3v) is 6.31. The molecule has 0 radical (unpaired) electrons. The number of carbonyl (C=O) groups excluding carboxylic acids is 1. The van der Waals surface area contributed by atoms with Crippen molar-refractivity contribution in [3.63, 3.8) is 0 Å². The number of rotatable bonds is 3. The maximum Gasteiger partial charge on any atom is 0.256 e. The van der Waals surface area contributed by atoms with Crippen molar-refractivity contribution in [1.82, 2.24) is 19.8 Å². The van der Waals surface area contributed by atoms with Crippen molar-refractivity contribution in [2.45, 2.75) is 30.7 Å². The van der Waals surface area contributed by atoms with Gasteiger partial charge in [-0.1, -0.05) is 30.3 Å². The molecule has 2 aromatic rings. The molecule has 142 valence electrons. The normalized spacial score (nSPS) is 22.1. The second-order valence-electron chi connectivity index (χ2n) is 7.75. The van der Waals surface area contributed by atoms with Gasteiger partial charge in [0, 0.05) is 44.6 Å². The largest absolute Gasteiger partial charge is 0.357 e. The zero-order valence-corrected chi connectivity index (χ0v) is 16.1. The Labute approximate surface area is 160 Å². The number of nitrogens with zero attached hydrogens (tertiary/aromatic N) is 4. The van der Waals surface area contributed by atoms with Crippen LogP contribution in [0.5, 0.6) is 0 Å². The van der Waals surface area contributed by atoms with Crippen molar-refractivity contribution in [3.05, 3.63) is 53.9 Å². The lowest BCUT2D eigenvalue weighted by molar-refractivity contribution is 0.0491. The van der Waals surface area contributed by atoms with Gasteiger partial charge >= 0.3 is 0 Å². The van der Waals surface area contributed by atoms with E-state index in [2.05, 4.69) is 57.6 Å². The number of benzene rings is 1. The van der Waals surface area contributed by atoms with Crippen LogP contribution < -0.4 is 5.32 Å². The van der Waals surface area contributed by atoms with Crippen LogP contribution in [0.3, 0.4) is 0 Å². The molecule has 1 aromatic carbocycles. The summed E-state index contributed by atoms with van der Waals surface area (Å²) in [5, 5.41) is 2.88. The van der Waals surface area contributed by atoms with Crippen molar-refractivity contribution in [1.29, 1.82) is 0 Å². The van der Waals surface area contributed by atoms with Crippen LogP contribution in [-0.2, 0) is 0 Å². The van der Waals surface area contributed by atoms with Crippen molar-refractivity contribution in [3.8, 4) is 0 Å². The van der Waals surface area contributed by atoms with E-state index < -0.39 is 0 Å². The molecule has 6 nitrogen and oxygen atoms in total. The van der Waals surface area contributed by atoms with Gasteiger partial charge in [-0.15, -0.1) is 0 Å². The van der Waals surface area contributed by atoms with E-state index in [9.17, 15) is 4.79 Å². The molecule has 0 saturated carbocycles. The van der Waals surface area contributed by atoms with Crippen molar-refractivity contribution in [2.75, 3.05) is 39.0 Å². The predicted molar refractivity (Wildman–Crippen MR) is 106 cm³/mol. The highest BCUT2D eigenvalue weighted by atomic mass is 16.2. The summed E-state index contributed by atoms with van der Waals surface area (Å²) in [5.41, 5.74) is 2.21. The smallest absolute Gasteiger partial charge is 0.256 e. The molecule has 1 spiro atoms. The van der Waals surface area contributed by atoms with E-state index in [0.717, 1.165) is 32.5 Å². The van der Waals surface area contributed by atoms with Crippen LogP contribution >= 0.6 is 0 Å². The lowest BCUT2D eigenvalue weighted by Crippen LogP contribution is -2.52. The Kier molecular flexibility index (Phi) is 4.83. The van der Waals surface area contributed by atoms with E-state index >= 15 is 0 Å². The van der Waals surface area contributed by atoms with Crippen molar-refractivity contribution < 1.29 is 4.79 Å². The quantitative estimate of drug-likeness (QED) is 0.906. The molecular weight excluding hydrogens is 338 g/mol. The Hall–Kier alpha value is -2.47. The van der Waals surface area contributed by atoms with Crippen LogP contribution in [0.4, 0.5) is 5.95 Å². The second kappa shape index (κ2) is 7.27. The number of nitrogens with one attached hydrogen (secondary N) is 1. The summed E-state index contributed by atoms with van der Waals surface area (Å²) in [6.07, 6.45) is 6.44. The Balaban J connectivity index is 1.41. The molecule has 2 aliphatic heterocycles. The van der Waals surface area contributed by atoms with Gasteiger partial charge in [0.15, 0.2) is 0 Å². The first kappa shape index (κ1) is 17.9. The highest BCUT2D eigenvalue weighted by Gasteiger charge is 2.46. The summed E-state index contributed by atoms with van der Waals surface area (Å²) >= 11 is 0. The maximum absolute atomic E-state index is 12.8. The minimum atomic E-state index is 0.0350. The van der Waals surface area contributed by atoms with Crippen LogP contribution in [0.1, 0.15) is 41.1 Å². The lowest BCUT2D eigenvalue weighted by Gasteiger charge is -2.43. The minimum Gasteiger partial charge on any atom is -0.357 e. The Morgan fingerprint density at radius 1 is 1.15 bits per heavy atom. The van der Waals surface area contributed by atoms with Gasteiger partial charge in [0.25, 0.3) is 5.91 Å². The number of piperidine rings is 1. The molecule has 2 saturated heterocycles. The first-order valence-corrected chi connectivity index (χ1v) is 9.66. The van der Waals surface area contributed by atoms with Crippen LogP contribution in [0.2, 0.25) is 0 Å². The number of hydrogen-bond donors (Lipinski definition) is 1. The van der Waals surface area contributed by atoms with E-state index in [0.29, 0.717) is 17.4 Å². The Morgan fingerprint density at radius 2 is 1.81 bits per heavy atom. The molecule has 1 atom stereocenters. The fraction of sp³-hybridized carbons (Fsp3) is 0.476. The van der Waals surface area contributed by atoms with E-state index in [-0.39, 0.29) is 11.4 Å². The number of carbonyl (C=O) groups is 1. The summed E-state index contributed by atoms with van der Waals surface area (Å²) in [5.74, 6) is 1.15. The van der Waals surface area contributed by atoms with Gasteiger partial charge in [0.2, 0.25) is 5.95 Å². The molecule has 0 bridgehead atoms. The highest BCUT2D eigenvalue weighted by molar-refractivity contribution is 5.93. The third-order valence-electron chi connectivity index (χ3n) is 6.31. The van der Waals surface area contributed by atoms with E-state index in [4.69, 9.17) is 0 Å². The number of aromatic nitrogens is 2. The zero-order valence-electron chi connectivity index (χ0n) is 16.1. The minimum absolute atomic E-state index is 0.0350. The van der Waals surface area contributed by atoms with E-state index in [1.165, 1.54) is 12.0 Å².